The summed E-state index contributed by atoms with van der Waals surface area (Å²) in [5.41, 5.74) is 2.20. The molecule has 0 spiro atoms. The van der Waals surface area contributed by atoms with Crippen molar-refractivity contribution >= 4 is 5.96 Å². The molecule has 23 heavy (non-hydrogen) atoms. The maximum atomic E-state index is 5.66. The number of pyridine rings is 1. The van der Waals surface area contributed by atoms with Gasteiger partial charge in [0.2, 0.25) is 0 Å². The highest BCUT2D eigenvalue weighted by Crippen LogP contribution is 2.08. The smallest absolute Gasteiger partial charge is 0.191 e. The molecular formula is C18H24N4O. The van der Waals surface area contributed by atoms with Gasteiger partial charge in [0.15, 0.2) is 5.96 Å². The Kier molecular flexibility index (Phi) is 6.91. The van der Waals surface area contributed by atoms with Crippen LogP contribution in [-0.4, -0.2) is 31.1 Å². The Morgan fingerprint density at radius 2 is 1.96 bits per heavy atom. The van der Waals surface area contributed by atoms with Gasteiger partial charge in [-0.1, -0.05) is 24.3 Å². The van der Waals surface area contributed by atoms with E-state index in [0.29, 0.717) is 13.2 Å². The largest absolute Gasteiger partial charge is 0.494 e. The molecule has 1 heterocycles. The Hall–Kier alpha value is -2.56. The van der Waals surface area contributed by atoms with E-state index in [4.69, 9.17) is 4.74 Å². The predicted octanol–water partition coefficient (Wildman–Crippen LogP) is 2.52. The van der Waals surface area contributed by atoms with Crippen molar-refractivity contribution in [2.45, 2.75) is 19.9 Å². The van der Waals surface area contributed by atoms with Crippen LogP contribution in [0.3, 0.4) is 0 Å². The Bertz CT molecular complexity index is 613. The van der Waals surface area contributed by atoms with E-state index in [2.05, 4.69) is 33.6 Å². The highest BCUT2D eigenvalue weighted by molar-refractivity contribution is 5.79. The second-order valence-electron chi connectivity index (χ2n) is 5.13. The molecule has 0 saturated carbocycles. The fraction of sp³-hybridized carbons (Fsp3) is 0.333. The third-order valence-corrected chi connectivity index (χ3v) is 3.39. The second kappa shape index (κ2) is 9.46. The number of nitrogens with zero attached hydrogens (tertiary/aromatic N) is 2. The maximum absolute atomic E-state index is 5.66. The molecule has 5 heteroatoms. The van der Waals surface area contributed by atoms with Crippen molar-refractivity contribution in [3.05, 3.63) is 59.9 Å². The molecule has 0 atom stereocenters. The number of aryl methyl sites for hydroxylation is 1. The van der Waals surface area contributed by atoms with Crippen LogP contribution in [-0.2, 0) is 6.54 Å². The Morgan fingerprint density at radius 3 is 2.70 bits per heavy atom. The zero-order valence-corrected chi connectivity index (χ0v) is 13.7. The van der Waals surface area contributed by atoms with E-state index in [1.54, 1.807) is 13.2 Å². The molecule has 0 aliphatic carbocycles. The van der Waals surface area contributed by atoms with E-state index in [1.807, 2.05) is 36.4 Å². The van der Waals surface area contributed by atoms with Crippen LogP contribution in [0.4, 0.5) is 0 Å². The van der Waals surface area contributed by atoms with Crippen molar-refractivity contribution in [2.75, 3.05) is 20.2 Å². The lowest BCUT2D eigenvalue weighted by molar-refractivity contribution is 0.311. The maximum Gasteiger partial charge on any atom is 0.191 e. The quantitative estimate of drug-likeness (QED) is 0.468. The number of rotatable bonds is 7. The molecule has 2 aromatic rings. The predicted molar refractivity (Wildman–Crippen MR) is 93.7 cm³/mol. The van der Waals surface area contributed by atoms with Gasteiger partial charge in [-0.15, -0.1) is 0 Å². The lowest BCUT2D eigenvalue weighted by Crippen LogP contribution is -2.38. The molecule has 2 rings (SSSR count). The summed E-state index contributed by atoms with van der Waals surface area (Å²) in [6.07, 6.45) is 2.71. The Labute approximate surface area is 137 Å². The van der Waals surface area contributed by atoms with Crippen LogP contribution >= 0.6 is 0 Å². The highest BCUT2D eigenvalue weighted by Gasteiger charge is 2.01. The van der Waals surface area contributed by atoms with Crippen LogP contribution in [0.5, 0.6) is 5.75 Å². The molecule has 1 aromatic heterocycles. The molecule has 0 fully saturated rings. The van der Waals surface area contributed by atoms with Gasteiger partial charge in [-0.05, 0) is 37.1 Å². The van der Waals surface area contributed by atoms with Gasteiger partial charge in [-0.25, -0.2) is 0 Å². The van der Waals surface area contributed by atoms with Gasteiger partial charge in [0, 0.05) is 19.8 Å². The lowest BCUT2D eigenvalue weighted by Gasteiger charge is -2.12. The molecule has 1 aromatic carbocycles. The van der Waals surface area contributed by atoms with Crippen LogP contribution in [0.15, 0.2) is 53.7 Å². The minimum atomic E-state index is 0.660. The molecule has 0 aliphatic rings. The number of hydrogen-bond acceptors (Lipinski definition) is 3. The minimum absolute atomic E-state index is 0.660. The van der Waals surface area contributed by atoms with Crippen molar-refractivity contribution in [1.29, 1.82) is 0 Å². The Balaban J connectivity index is 1.64. The van der Waals surface area contributed by atoms with E-state index in [9.17, 15) is 0 Å². The molecule has 0 bridgehead atoms. The lowest BCUT2D eigenvalue weighted by atomic mass is 10.2. The molecule has 5 nitrogen and oxygen atoms in total. The first-order valence-corrected chi connectivity index (χ1v) is 7.82. The van der Waals surface area contributed by atoms with Gasteiger partial charge in [0.1, 0.15) is 5.75 Å². The van der Waals surface area contributed by atoms with Crippen LogP contribution in [0, 0.1) is 6.92 Å². The van der Waals surface area contributed by atoms with Crippen LogP contribution in [0.1, 0.15) is 17.7 Å². The van der Waals surface area contributed by atoms with E-state index < -0.39 is 0 Å². The molecule has 0 aliphatic heterocycles. The van der Waals surface area contributed by atoms with Crippen molar-refractivity contribution < 1.29 is 4.74 Å². The van der Waals surface area contributed by atoms with Crippen LogP contribution in [0.25, 0.3) is 0 Å². The zero-order valence-electron chi connectivity index (χ0n) is 13.7. The van der Waals surface area contributed by atoms with E-state index in [0.717, 1.165) is 30.4 Å². The summed E-state index contributed by atoms with van der Waals surface area (Å²) in [7, 11) is 1.76. The van der Waals surface area contributed by atoms with Gasteiger partial charge >= 0.3 is 0 Å². The molecule has 0 unspecified atom stereocenters. The summed E-state index contributed by atoms with van der Waals surface area (Å²) in [6, 6.07) is 13.8. The summed E-state index contributed by atoms with van der Waals surface area (Å²) in [6.45, 7) is 4.19. The van der Waals surface area contributed by atoms with E-state index in [-0.39, 0.29) is 0 Å². The molecule has 0 radical (unpaired) electrons. The van der Waals surface area contributed by atoms with Crippen LogP contribution < -0.4 is 15.4 Å². The summed E-state index contributed by atoms with van der Waals surface area (Å²) < 4.78 is 5.66. The van der Waals surface area contributed by atoms with E-state index >= 15 is 0 Å². The van der Waals surface area contributed by atoms with E-state index in [1.165, 1.54) is 5.56 Å². The van der Waals surface area contributed by atoms with Crippen LogP contribution in [0.2, 0.25) is 0 Å². The van der Waals surface area contributed by atoms with Gasteiger partial charge in [0.25, 0.3) is 0 Å². The molecule has 0 saturated heterocycles. The number of ether oxygens (including phenoxy) is 1. The summed E-state index contributed by atoms with van der Waals surface area (Å²) in [5, 5.41) is 6.55. The highest BCUT2D eigenvalue weighted by atomic mass is 16.5. The standard InChI is InChI=1S/C18H24N4O/c1-15-8-6-11-20-17(15)14-22-18(19-2)21-12-7-13-23-16-9-4-3-5-10-16/h3-6,8-11H,7,12-14H2,1-2H3,(H2,19,21,22). The van der Waals surface area contributed by atoms with Crippen molar-refractivity contribution in [2.24, 2.45) is 4.99 Å². The number of aliphatic imine (C=N–C) groups is 1. The first-order valence-electron chi connectivity index (χ1n) is 7.82. The number of benzene rings is 1. The number of aromatic nitrogens is 1. The number of guanidine groups is 1. The minimum Gasteiger partial charge on any atom is -0.494 e. The number of nitrogens with one attached hydrogen (secondary N) is 2. The first kappa shape index (κ1) is 16.8. The second-order valence-corrected chi connectivity index (χ2v) is 5.13. The topological polar surface area (TPSA) is 58.5 Å². The SMILES string of the molecule is CN=C(NCCCOc1ccccc1)NCc1ncccc1C. The van der Waals surface area contributed by atoms with Gasteiger partial charge in [0.05, 0.1) is 18.8 Å². The Morgan fingerprint density at radius 1 is 1.13 bits per heavy atom. The molecule has 122 valence electrons. The number of hydrogen-bond donors (Lipinski definition) is 2. The number of para-hydroxylation sites is 1. The fourth-order valence-corrected chi connectivity index (χ4v) is 2.08. The average molecular weight is 312 g/mol. The van der Waals surface area contributed by atoms with Crippen molar-refractivity contribution in [1.82, 2.24) is 15.6 Å². The molecular weight excluding hydrogens is 288 g/mol. The molecule has 0 amide bonds. The van der Waals surface area contributed by atoms with Gasteiger partial charge in [-0.3, -0.25) is 9.98 Å². The molecule has 2 N–H and O–H groups in total. The summed E-state index contributed by atoms with van der Waals surface area (Å²) >= 11 is 0. The van der Waals surface area contributed by atoms with Gasteiger partial charge in [-0.2, -0.15) is 0 Å². The normalized spacial score (nSPS) is 11.1. The zero-order chi connectivity index (χ0) is 16.3. The summed E-state index contributed by atoms with van der Waals surface area (Å²) in [4.78, 5) is 8.58. The third-order valence-electron chi connectivity index (χ3n) is 3.39. The fourth-order valence-electron chi connectivity index (χ4n) is 2.08. The van der Waals surface area contributed by atoms with Crippen molar-refractivity contribution in [3.8, 4) is 5.75 Å². The monoisotopic (exact) mass is 312 g/mol. The van der Waals surface area contributed by atoms with Crippen molar-refractivity contribution in [3.63, 3.8) is 0 Å². The summed E-state index contributed by atoms with van der Waals surface area (Å²) in [5.74, 6) is 1.68. The third kappa shape index (κ3) is 5.98. The first-order chi connectivity index (χ1) is 11.3. The van der Waals surface area contributed by atoms with Gasteiger partial charge < -0.3 is 15.4 Å². The average Bonchev–Trinajstić information content (AvgIpc) is 2.59.